The lowest BCUT2D eigenvalue weighted by molar-refractivity contribution is 0.125. The zero-order valence-corrected chi connectivity index (χ0v) is 8.55. The minimum absolute atomic E-state index is 0.645. The summed E-state index contributed by atoms with van der Waals surface area (Å²) in [4.78, 5) is 0. The molecule has 0 fully saturated rings. The van der Waals surface area contributed by atoms with E-state index in [9.17, 15) is 0 Å². The molecule has 2 nitrogen and oxygen atoms in total. The predicted octanol–water partition coefficient (Wildman–Crippen LogP) is 2.56. The Morgan fingerprint density at radius 3 is 2.38 bits per heavy atom. The molecule has 0 amide bonds. The van der Waals surface area contributed by atoms with Crippen molar-refractivity contribution < 1.29 is 9.47 Å². The smallest absolute Gasteiger partial charge is 0.0671 e. The fourth-order valence-corrected chi connectivity index (χ4v) is 0.821. The van der Waals surface area contributed by atoms with Crippen molar-refractivity contribution in [3.05, 3.63) is 24.8 Å². The van der Waals surface area contributed by atoms with Gasteiger partial charge in [0, 0.05) is 13.2 Å². The van der Waals surface area contributed by atoms with E-state index in [-0.39, 0.29) is 0 Å². The second-order valence-electron chi connectivity index (χ2n) is 3.08. The first-order valence-electron chi connectivity index (χ1n) is 4.68. The third-order valence-corrected chi connectivity index (χ3v) is 1.41. The highest BCUT2D eigenvalue weighted by Gasteiger charge is 1.90. The van der Waals surface area contributed by atoms with Crippen molar-refractivity contribution in [2.45, 2.75) is 19.8 Å². The summed E-state index contributed by atoms with van der Waals surface area (Å²) in [5.41, 5.74) is 1.07. The van der Waals surface area contributed by atoms with Crippen LogP contribution in [-0.2, 0) is 9.47 Å². The van der Waals surface area contributed by atoms with Crippen LogP contribution in [0.1, 0.15) is 19.8 Å². The van der Waals surface area contributed by atoms with Gasteiger partial charge < -0.3 is 9.47 Å². The fourth-order valence-electron chi connectivity index (χ4n) is 0.821. The van der Waals surface area contributed by atoms with Gasteiger partial charge in [-0.2, -0.15) is 0 Å². The molecule has 0 atom stereocenters. The zero-order valence-electron chi connectivity index (χ0n) is 8.55. The Labute approximate surface area is 81.2 Å². The van der Waals surface area contributed by atoms with Gasteiger partial charge in [-0.05, 0) is 19.8 Å². The summed E-state index contributed by atoms with van der Waals surface area (Å²) in [5.74, 6) is 0. The quantitative estimate of drug-likeness (QED) is 0.405. The van der Waals surface area contributed by atoms with Crippen LogP contribution in [0.2, 0.25) is 0 Å². The highest BCUT2D eigenvalue weighted by Crippen LogP contribution is 1.94. The topological polar surface area (TPSA) is 18.5 Å². The Morgan fingerprint density at radius 1 is 1.23 bits per heavy atom. The highest BCUT2D eigenvalue weighted by molar-refractivity contribution is 4.87. The van der Waals surface area contributed by atoms with Gasteiger partial charge in [0.25, 0.3) is 0 Å². The molecule has 0 spiro atoms. The van der Waals surface area contributed by atoms with Crippen molar-refractivity contribution in [1.82, 2.24) is 0 Å². The van der Waals surface area contributed by atoms with Crippen LogP contribution in [0.4, 0.5) is 0 Å². The van der Waals surface area contributed by atoms with E-state index in [1.807, 2.05) is 6.92 Å². The van der Waals surface area contributed by atoms with Crippen molar-refractivity contribution in [2.24, 2.45) is 0 Å². The predicted molar refractivity (Wildman–Crippen MR) is 55.9 cm³/mol. The molecule has 0 aliphatic rings. The van der Waals surface area contributed by atoms with Gasteiger partial charge in [-0.1, -0.05) is 18.2 Å². The summed E-state index contributed by atoms with van der Waals surface area (Å²) in [6.07, 6.45) is 3.85. The average molecular weight is 184 g/mol. The minimum Gasteiger partial charge on any atom is -0.377 e. The van der Waals surface area contributed by atoms with Crippen molar-refractivity contribution in [1.29, 1.82) is 0 Å². The van der Waals surface area contributed by atoms with E-state index in [1.165, 1.54) is 0 Å². The van der Waals surface area contributed by atoms with Crippen LogP contribution in [0.5, 0.6) is 0 Å². The molecule has 0 N–H and O–H groups in total. The highest BCUT2D eigenvalue weighted by atomic mass is 16.5. The molecule has 13 heavy (non-hydrogen) atoms. The van der Waals surface area contributed by atoms with Crippen molar-refractivity contribution in [3.63, 3.8) is 0 Å². The lowest BCUT2D eigenvalue weighted by Crippen LogP contribution is -2.00. The molecule has 2 heteroatoms. The number of hydrogen-bond acceptors (Lipinski definition) is 2. The van der Waals surface area contributed by atoms with Crippen LogP contribution in [0.15, 0.2) is 24.8 Å². The Hall–Kier alpha value is -0.600. The van der Waals surface area contributed by atoms with E-state index < -0.39 is 0 Å². The molecule has 0 aromatic rings. The van der Waals surface area contributed by atoms with Gasteiger partial charge in [-0.15, -0.1) is 6.58 Å². The molecule has 0 heterocycles. The van der Waals surface area contributed by atoms with E-state index in [0.717, 1.165) is 31.6 Å². The van der Waals surface area contributed by atoms with Crippen molar-refractivity contribution in [2.75, 3.05) is 26.4 Å². The number of hydrogen-bond donors (Lipinski definition) is 0. The molecule has 76 valence electrons. The van der Waals surface area contributed by atoms with E-state index in [1.54, 1.807) is 6.08 Å². The minimum atomic E-state index is 0.645. The van der Waals surface area contributed by atoms with Gasteiger partial charge in [0.1, 0.15) is 0 Å². The van der Waals surface area contributed by atoms with Gasteiger partial charge in [-0.3, -0.25) is 0 Å². The molecule has 0 aromatic heterocycles. The summed E-state index contributed by atoms with van der Waals surface area (Å²) >= 11 is 0. The lowest BCUT2D eigenvalue weighted by atomic mass is 10.3. The number of rotatable bonds is 9. The fraction of sp³-hybridized carbons (Fsp3) is 0.636. The molecule has 0 unspecified atom stereocenters. The first-order valence-corrected chi connectivity index (χ1v) is 4.68. The van der Waals surface area contributed by atoms with Gasteiger partial charge in [0.2, 0.25) is 0 Å². The van der Waals surface area contributed by atoms with Crippen LogP contribution in [-0.4, -0.2) is 26.4 Å². The number of ether oxygens (including phenoxy) is 2. The second kappa shape index (κ2) is 9.49. The molecule has 0 rings (SSSR count). The average Bonchev–Trinajstić information content (AvgIpc) is 2.09. The molecule has 0 aliphatic heterocycles. The van der Waals surface area contributed by atoms with E-state index in [4.69, 9.17) is 9.47 Å². The van der Waals surface area contributed by atoms with Crippen LogP contribution >= 0.6 is 0 Å². The summed E-state index contributed by atoms with van der Waals surface area (Å²) in [6, 6.07) is 0. The second-order valence-corrected chi connectivity index (χ2v) is 3.08. The van der Waals surface area contributed by atoms with Crippen LogP contribution in [0, 0.1) is 0 Å². The Balaban J connectivity index is 2.91. The maximum absolute atomic E-state index is 5.33. The summed E-state index contributed by atoms with van der Waals surface area (Å²) in [5, 5.41) is 0. The largest absolute Gasteiger partial charge is 0.377 e. The number of unbranched alkanes of at least 4 members (excludes halogenated alkanes) is 1. The maximum atomic E-state index is 5.33. The monoisotopic (exact) mass is 184 g/mol. The lowest BCUT2D eigenvalue weighted by Gasteiger charge is -2.03. The van der Waals surface area contributed by atoms with Gasteiger partial charge >= 0.3 is 0 Å². The standard InChI is InChI=1S/C11H20O2/c1-4-7-12-8-5-6-9-13-10-11(2)3/h4H,1-2,5-10H2,3H3. The molecule has 0 radical (unpaired) electrons. The Kier molecular flexibility index (Phi) is 9.05. The van der Waals surface area contributed by atoms with Crippen LogP contribution in [0.25, 0.3) is 0 Å². The molecule has 0 aromatic carbocycles. The van der Waals surface area contributed by atoms with Gasteiger partial charge in [-0.25, -0.2) is 0 Å². The van der Waals surface area contributed by atoms with E-state index in [0.29, 0.717) is 13.2 Å². The zero-order chi connectivity index (χ0) is 9.94. The van der Waals surface area contributed by atoms with Crippen LogP contribution < -0.4 is 0 Å². The molecular formula is C11H20O2. The summed E-state index contributed by atoms with van der Waals surface area (Å²) < 4.78 is 10.5. The first-order chi connectivity index (χ1) is 6.27. The van der Waals surface area contributed by atoms with E-state index in [2.05, 4.69) is 13.2 Å². The third kappa shape index (κ3) is 11.4. The molecule has 0 aliphatic carbocycles. The summed E-state index contributed by atoms with van der Waals surface area (Å²) in [6.45, 7) is 12.2. The molecular weight excluding hydrogens is 164 g/mol. The Morgan fingerprint density at radius 2 is 1.85 bits per heavy atom. The van der Waals surface area contributed by atoms with Gasteiger partial charge in [0.15, 0.2) is 0 Å². The normalized spacial score (nSPS) is 9.92. The van der Waals surface area contributed by atoms with Gasteiger partial charge in [0.05, 0.1) is 13.2 Å². The molecule has 0 saturated heterocycles. The SMILES string of the molecule is C=CCOCCCCOCC(=C)C. The van der Waals surface area contributed by atoms with Crippen molar-refractivity contribution >= 4 is 0 Å². The van der Waals surface area contributed by atoms with E-state index >= 15 is 0 Å². The maximum Gasteiger partial charge on any atom is 0.0671 e. The van der Waals surface area contributed by atoms with Crippen LogP contribution in [0.3, 0.4) is 0 Å². The van der Waals surface area contributed by atoms with Crippen molar-refractivity contribution in [3.8, 4) is 0 Å². The third-order valence-electron chi connectivity index (χ3n) is 1.41. The Bertz CT molecular complexity index is 141. The molecule has 0 bridgehead atoms. The first kappa shape index (κ1) is 12.4. The summed E-state index contributed by atoms with van der Waals surface area (Å²) in [7, 11) is 0. The molecule has 0 saturated carbocycles.